The monoisotopic (exact) mass is 418 g/mol. The average molecular weight is 419 g/mol. The standard InChI is InChI=1S/C29H24NO2/c1-21-27(29-26-16-10-9-11-22(26)17-18-30(29)2)19-25(31-23-12-5-3-6-13-23)20-28(21)32-24-14-7-4-8-15-24/h3-20H,1-2H3/q+1. The third-order valence-corrected chi connectivity index (χ3v) is 5.58. The molecule has 32 heavy (non-hydrogen) atoms. The minimum absolute atomic E-state index is 0.732. The molecule has 0 saturated carbocycles. The van der Waals surface area contributed by atoms with Crippen molar-refractivity contribution in [3.05, 3.63) is 115 Å². The van der Waals surface area contributed by atoms with E-state index < -0.39 is 0 Å². The van der Waals surface area contributed by atoms with Gasteiger partial charge < -0.3 is 9.47 Å². The predicted octanol–water partition coefficient (Wildman–Crippen LogP) is 7.22. The summed E-state index contributed by atoms with van der Waals surface area (Å²) in [5, 5.41) is 2.38. The summed E-state index contributed by atoms with van der Waals surface area (Å²) < 4.78 is 14.7. The number of aromatic nitrogens is 1. The first-order valence-corrected chi connectivity index (χ1v) is 10.7. The second kappa shape index (κ2) is 8.56. The van der Waals surface area contributed by atoms with Crippen LogP contribution in [0, 0.1) is 6.92 Å². The molecule has 0 saturated heterocycles. The zero-order chi connectivity index (χ0) is 21.9. The molecule has 1 aromatic heterocycles. The number of ether oxygens (including phenoxy) is 2. The van der Waals surface area contributed by atoms with Gasteiger partial charge in [0.1, 0.15) is 30.0 Å². The summed E-state index contributed by atoms with van der Waals surface area (Å²) in [6, 6.07) is 34.3. The number of rotatable bonds is 5. The van der Waals surface area contributed by atoms with Crippen LogP contribution in [0.5, 0.6) is 23.0 Å². The van der Waals surface area contributed by atoms with Gasteiger partial charge in [-0.1, -0.05) is 54.6 Å². The molecule has 156 valence electrons. The fourth-order valence-corrected chi connectivity index (χ4v) is 3.96. The number of nitrogens with zero attached hydrogens (tertiary/aromatic N) is 1. The summed E-state index contributed by atoms with van der Waals surface area (Å²) >= 11 is 0. The molecule has 0 radical (unpaired) electrons. The molecule has 5 aromatic rings. The Kier molecular flexibility index (Phi) is 5.30. The minimum Gasteiger partial charge on any atom is -0.457 e. The Labute approximate surface area is 188 Å². The predicted molar refractivity (Wildman–Crippen MR) is 128 cm³/mol. The van der Waals surface area contributed by atoms with E-state index in [4.69, 9.17) is 9.47 Å². The van der Waals surface area contributed by atoms with Gasteiger partial charge in [0.2, 0.25) is 5.69 Å². The van der Waals surface area contributed by atoms with Crippen LogP contribution in [0.2, 0.25) is 0 Å². The Morgan fingerprint density at radius 3 is 1.97 bits per heavy atom. The van der Waals surface area contributed by atoms with Gasteiger partial charge in [0.15, 0.2) is 6.20 Å². The van der Waals surface area contributed by atoms with Gasteiger partial charge in [0.25, 0.3) is 0 Å². The molecule has 3 heteroatoms. The Morgan fingerprint density at radius 1 is 0.625 bits per heavy atom. The van der Waals surface area contributed by atoms with Crippen molar-refractivity contribution >= 4 is 10.8 Å². The molecule has 0 aliphatic heterocycles. The van der Waals surface area contributed by atoms with Gasteiger partial charge in [-0.15, -0.1) is 0 Å². The van der Waals surface area contributed by atoms with Crippen LogP contribution >= 0.6 is 0 Å². The second-order valence-electron chi connectivity index (χ2n) is 7.79. The van der Waals surface area contributed by atoms with Crippen molar-refractivity contribution < 1.29 is 14.0 Å². The molecule has 0 spiro atoms. The minimum atomic E-state index is 0.732. The molecule has 0 N–H and O–H groups in total. The molecule has 3 nitrogen and oxygen atoms in total. The largest absolute Gasteiger partial charge is 0.457 e. The lowest BCUT2D eigenvalue weighted by Gasteiger charge is -2.16. The normalized spacial score (nSPS) is 10.8. The van der Waals surface area contributed by atoms with Gasteiger partial charge in [-0.25, -0.2) is 4.57 Å². The van der Waals surface area contributed by atoms with Crippen molar-refractivity contribution in [3.8, 4) is 34.3 Å². The number of para-hydroxylation sites is 2. The van der Waals surface area contributed by atoms with Gasteiger partial charge >= 0.3 is 0 Å². The molecular weight excluding hydrogens is 394 g/mol. The third-order valence-electron chi connectivity index (χ3n) is 5.58. The van der Waals surface area contributed by atoms with E-state index in [1.165, 1.54) is 10.8 Å². The van der Waals surface area contributed by atoms with E-state index in [9.17, 15) is 0 Å². The lowest BCUT2D eigenvalue weighted by Crippen LogP contribution is -2.30. The van der Waals surface area contributed by atoms with Gasteiger partial charge in [0.05, 0.1) is 10.9 Å². The zero-order valence-electron chi connectivity index (χ0n) is 18.2. The van der Waals surface area contributed by atoms with Gasteiger partial charge in [-0.05, 0) is 48.7 Å². The molecule has 0 bridgehead atoms. The summed E-state index contributed by atoms with van der Waals surface area (Å²) in [7, 11) is 2.07. The van der Waals surface area contributed by atoms with Gasteiger partial charge in [-0.3, -0.25) is 0 Å². The average Bonchev–Trinajstić information content (AvgIpc) is 2.83. The summed E-state index contributed by atoms with van der Waals surface area (Å²) in [5.74, 6) is 3.08. The molecule has 0 amide bonds. The van der Waals surface area contributed by atoms with Crippen molar-refractivity contribution in [1.82, 2.24) is 0 Å². The van der Waals surface area contributed by atoms with E-state index in [-0.39, 0.29) is 0 Å². The zero-order valence-corrected chi connectivity index (χ0v) is 18.2. The summed E-state index contributed by atoms with van der Waals surface area (Å²) in [4.78, 5) is 0. The summed E-state index contributed by atoms with van der Waals surface area (Å²) in [6.07, 6.45) is 2.10. The van der Waals surface area contributed by atoms with E-state index in [1.807, 2.05) is 66.7 Å². The van der Waals surface area contributed by atoms with Crippen molar-refractivity contribution in [2.75, 3.05) is 0 Å². The topological polar surface area (TPSA) is 22.3 Å². The maximum Gasteiger partial charge on any atom is 0.220 e. The first-order valence-electron chi connectivity index (χ1n) is 10.7. The first kappa shape index (κ1) is 19.8. The lowest BCUT2D eigenvalue weighted by atomic mass is 9.98. The van der Waals surface area contributed by atoms with Crippen LogP contribution in [-0.2, 0) is 7.05 Å². The summed E-state index contributed by atoms with van der Waals surface area (Å²) in [6.45, 7) is 2.10. The Morgan fingerprint density at radius 2 is 1.25 bits per heavy atom. The fraction of sp³-hybridized carbons (Fsp3) is 0.0690. The fourth-order valence-electron chi connectivity index (χ4n) is 3.96. The van der Waals surface area contributed by atoms with Crippen LogP contribution in [0.3, 0.4) is 0 Å². The SMILES string of the molecule is Cc1c(Oc2ccccc2)cc(Oc2ccccc2)cc1-c1c2ccccc2cc[n+]1C. The molecule has 1 heterocycles. The van der Waals surface area contributed by atoms with Crippen molar-refractivity contribution in [2.45, 2.75) is 6.92 Å². The number of hydrogen-bond acceptors (Lipinski definition) is 2. The molecule has 5 rings (SSSR count). The molecule has 0 atom stereocenters. The van der Waals surface area contributed by atoms with Crippen LogP contribution in [0.4, 0.5) is 0 Å². The molecule has 0 fully saturated rings. The highest BCUT2D eigenvalue weighted by Crippen LogP contribution is 2.39. The highest BCUT2D eigenvalue weighted by atomic mass is 16.5. The summed E-state index contributed by atoms with van der Waals surface area (Å²) in [5.41, 5.74) is 3.25. The number of pyridine rings is 1. The smallest absolute Gasteiger partial charge is 0.220 e. The van der Waals surface area contributed by atoms with E-state index in [2.05, 4.69) is 61.1 Å². The molecule has 0 aliphatic carbocycles. The Hall–Kier alpha value is -4.11. The van der Waals surface area contributed by atoms with Gasteiger partial charge in [-0.2, -0.15) is 0 Å². The van der Waals surface area contributed by atoms with E-state index >= 15 is 0 Å². The molecule has 0 aliphatic rings. The molecule has 4 aromatic carbocycles. The highest BCUT2D eigenvalue weighted by Gasteiger charge is 2.21. The van der Waals surface area contributed by atoms with E-state index in [0.29, 0.717) is 0 Å². The van der Waals surface area contributed by atoms with Crippen molar-refractivity contribution in [2.24, 2.45) is 7.05 Å². The Balaban J connectivity index is 1.70. The third kappa shape index (κ3) is 3.93. The van der Waals surface area contributed by atoms with E-state index in [0.717, 1.165) is 39.8 Å². The number of benzene rings is 4. The van der Waals surface area contributed by atoms with Gasteiger partial charge in [0, 0.05) is 17.7 Å². The quantitative estimate of drug-likeness (QED) is 0.281. The second-order valence-corrected chi connectivity index (χ2v) is 7.79. The maximum atomic E-state index is 6.31. The van der Waals surface area contributed by atoms with Crippen LogP contribution < -0.4 is 14.0 Å². The van der Waals surface area contributed by atoms with Crippen LogP contribution in [-0.4, -0.2) is 0 Å². The van der Waals surface area contributed by atoms with E-state index in [1.54, 1.807) is 0 Å². The number of fused-ring (bicyclic) bond motifs is 1. The lowest BCUT2D eigenvalue weighted by molar-refractivity contribution is -0.659. The number of hydrogen-bond donors (Lipinski definition) is 0. The first-order chi connectivity index (χ1) is 15.7. The number of aryl methyl sites for hydroxylation is 1. The van der Waals surface area contributed by atoms with Crippen molar-refractivity contribution in [1.29, 1.82) is 0 Å². The Bertz CT molecular complexity index is 1380. The molecular formula is C29H24NO2+. The van der Waals surface area contributed by atoms with Crippen LogP contribution in [0.15, 0.2) is 109 Å². The molecule has 0 unspecified atom stereocenters. The highest BCUT2D eigenvalue weighted by molar-refractivity contribution is 5.94. The van der Waals surface area contributed by atoms with Crippen LogP contribution in [0.1, 0.15) is 5.56 Å². The van der Waals surface area contributed by atoms with Crippen LogP contribution in [0.25, 0.3) is 22.0 Å². The van der Waals surface area contributed by atoms with Crippen molar-refractivity contribution in [3.63, 3.8) is 0 Å². The maximum absolute atomic E-state index is 6.31.